The normalized spacial score (nSPS) is 11.8. The van der Waals surface area contributed by atoms with Crippen LogP contribution in [0.25, 0.3) is 0 Å². The molecule has 2 N–H and O–H groups in total. The Kier molecular flexibility index (Phi) is 9.71. The molecule has 31 heavy (non-hydrogen) atoms. The molecular formula is C22H34N6O2S. The molecule has 2 heterocycles. The monoisotopic (exact) mass is 446 g/mol. The minimum Gasteiger partial charge on any atom is -0.444 e. The predicted molar refractivity (Wildman–Crippen MR) is 125 cm³/mol. The molecule has 0 saturated carbocycles. The van der Waals surface area contributed by atoms with Gasteiger partial charge >= 0.3 is 6.09 Å². The fraction of sp³-hybridized carbons (Fsp3) is 0.545. The Hall–Kier alpha value is -2.68. The van der Waals surface area contributed by atoms with Crippen LogP contribution in [-0.2, 0) is 17.8 Å². The molecule has 0 fully saturated rings. The predicted octanol–water partition coefficient (Wildman–Crippen LogP) is 3.73. The van der Waals surface area contributed by atoms with Gasteiger partial charge in [0.25, 0.3) is 0 Å². The fourth-order valence-corrected chi connectivity index (χ4v) is 3.42. The summed E-state index contributed by atoms with van der Waals surface area (Å²) in [5, 5.41) is 7.56. The van der Waals surface area contributed by atoms with Crippen molar-refractivity contribution in [3.05, 3.63) is 46.2 Å². The van der Waals surface area contributed by atoms with Gasteiger partial charge in [-0.05, 0) is 52.7 Å². The summed E-state index contributed by atoms with van der Waals surface area (Å²) in [4.78, 5) is 28.7. The quantitative estimate of drug-likeness (QED) is 0.346. The van der Waals surface area contributed by atoms with Crippen LogP contribution in [-0.4, -0.2) is 52.2 Å². The Bertz CT molecular complexity index is 832. The number of carbonyl (C=O) groups excluding carboxylic acids is 1. The van der Waals surface area contributed by atoms with Gasteiger partial charge in [0.2, 0.25) is 0 Å². The van der Waals surface area contributed by atoms with Crippen LogP contribution in [0.3, 0.4) is 0 Å². The average Bonchev–Trinajstić information content (AvgIpc) is 3.13. The lowest BCUT2D eigenvalue weighted by Crippen LogP contribution is -2.40. The third-order valence-corrected chi connectivity index (χ3v) is 4.93. The molecule has 0 aliphatic carbocycles. The average molecular weight is 447 g/mol. The zero-order chi connectivity index (χ0) is 22.7. The highest BCUT2D eigenvalue weighted by atomic mass is 32.1. The van der Waals surface area contributed by atoms with Crippen molar-refractivity contribution in [2.75, 3.05) is 19.6 Å². The molecule has 0 aromatic carbocycles. The van der Waals surface area contributed by atoms with Gasteiger partial charge in [-0.2, -0.15) is 0 Å². The third kappa shape index (κ3) is 9.78. The van der Waals surface area contributed by atoms with Gasteiger partial charge in [0, 0.05) is 43.1 Å². The molecule has 1 amide bonds. The van der Waals surface area contributed by atoms with Crippen LogP contribution in [0.1, 0.15) is 49.6 Å². The molecule has 0 bridgehead atoms. The summed E-state index contributed by atoms with van der Waals surface area (Å²) < 4.78 is 5.58. The maximum atomic E-state index is 12.7. The first-order valence-electron chi connectivity index (χ1n) is 10.6. The first-order valence-corrected chi connectivity index (χ1v) is 11.4. The molecule has 0 aliphatic heterocycles. The zero-order valence-corrected chi connectivity index (χ0v) is 20.0. The molecule has 0 aliphatic rings. The number of guanidine groups is 1. The molecule has 2 aromatic rings. The smallest absolute Gasteiger partial charge is 0.410 e. The SMILES string of the molecule is CCNC(=NCc1ncc(C)s1)NCCCN(Cc1cccnc1)C(=O)OC(C)(C)C. The first kappa shape index (κ1) is 24.6. The second-order valence-electron chi connectivity index (χ2n) is 8.10. The molecule has 170 valence electrons. The summed E-state index contributed by atoms with van der Waals surface area (Å²) in [5.74, 6) is 0.742. The van der Waals surface area contributed by atoms with Crippen molar-refractivity contribution >= 4 is 23.4 Å². The highest BCUT2D eigenvalue weighted by Gasteiger charge is 2.22. The standard InChI is InChI=1S/C22H34N6O2S/c1-6-24-20(27-15-19-26-13-17(2)31-19)25-11-8-12-28(21(29)30-22(3,4)5)16-18-9-7-10-23-14-18/h7,9-10,13-14H,6,8,11-12,15-16H2,1-5H3,(H2,24,25,27). The number of aliphatic imine (C=N–C) groups is 1. The van der Waals surface area contributed by atoms with Crippen molar-refractivity contribution in [3.8, 4) is 0 Å². The van der Waals surface area contributed by atoms with E-state index in [1.54, 1.807) is 28.6 Å². The van der Waals surface area contributed by atoms with Crippen molar-refractivity contribution in [2.24, 2.45) is 4.99 Å². The van der Waals surface area contributed by atoms with Gasteiger partial charge in [-0.1, -0.05) is 6.07 Å². The van der Waals surface area contributed by atoms with Crippen LogP contribution < -0.4 is 10.6 Å². The van der Waals surface area contributed by atoms with Crippen molar-refractivity contribution in [1.82, 2.24) is 25.5 Å². The number of rotatable bonds is 9. The number of nitrogens with zero attached hydrogens (tertiary/aromatic N) is 4. The van der Waals surface area contributed by atoms with Gasteiger partial charge in [-0.15, -0.1) is 11.3 Å². The fourth-order valence-electron chi connectivity index (χ4n) is 2.71. The zero-order valence-electron chi connectivity index (χ0n) is 19.1. The molecule has 0 radical (unpaired) electrons. The lowest BCUT2D eigenvalue weighted by molar-refractivity contribution is 0.0232. The second kappa shape index (κ2) is 12.2. The maximum absolute atomic E-state index is 12.7. The van der Waals surface area contributed by atoms with E-state index in [0.717, 1.165) is 29.5 Å². The van der Waals surface area contributed by atoms with Gasteiger partial charge in [0.05, 0.1) is 13.1 Å². The van der Waals surface area contributed by atoms with E-state index < -0.39 is 5.60 Å². The van der Waals surface area contributed by atoms with Crippen LogP contribution >= 0.6 is 11.3 Å². The second-order valence-corrected chi connectivity index (χ2v) is 9.42. The van der Waals surface area contributed by atoms with Crippen LogP contribution in [0.2, 0.25) is 0 Å². The number of hydrogen-bond acceptors (Lipinski definition) is 6. The Morgan fingerprint density at radius 3 is 2.71 bits per heavy atom. The largest absolute Gasteiger partial charge is 0.444 e. The van der Waals surface area contributed by atoms with Crippen molar-refractivity contribution < 1.29 is 9.53 Å². The Morgan fingerprint density at radius 2 is 2.10 bits per heavy atom. The number of amides is 1. The van der Waals surface area contributed by atoms with Gasteiger partial charge in [0.1, 0.15) is 10.6 Å². The van der Waals surface area contributed by atoms with Crippen molar-refractivity contribution in [1.29, 1.82) is 0 Å². The molecule has 9 heteroatoms. The van der Waals surface area contributed by atoms with Crippen LogP contribution in [0.5, 0.6) is 0 Å². The molecular weight excluding hydrogens is 412 g/mol. The molecule has 2 rings (SSSR count). The van der Waals surface area contributed by atoms with Crippen LogP contribution in [0.15, 0.2) is 35.7 Å². The molecule has 2 aromatic heterocycles. The summed E-state index contributed by atoms with van der Waals surface area (Å²) in [6.45, 7) is 12.7. The van der Waals surface area contributed by atoms with Crippen molar-refractivity contribution in [2.45, 2.75) is 59.7 Å². The van der Waals surface area contributed by atoms with E-state index in [2.05, 4.69) is 25.6 Å². The van der Waals surface area contributed by atoms with E-state index in [9.17, 15) is 4.79 Å². The molecule has 0 atom stereocenters. The third-order valence-electron chi connectivity index (χ3n) is 4.03. The molecule has 0 unspecified atom stereocenters. The topological polar surface area (TPSA) is 91.7 Å². The summed E-state index contributed by atoms with van der Waals surface area (Å²) >= 11 is 1.65. The number of aromatic nitrogens is 2. The number of thiazole rings is 1. The summed E-state index contributed by atoms with van der Waals surface area (Å²) in [7, 11) is 0. The number of hydrogen-bond donors (Lipinski definition) is 2. The highest BCUT2D eigenvalue weighted by molar-refractivity contribution is 7.11. The van der Waals surface area contributed by atoms with Gasteiger partial charge in [0.15, 0.2) is 5.96 Å². The lowest BCUT2D eigenvalue weighted by atomic mass is 10.2. The van der Waals surface area contributed by atoms with Crippen molar-refractivity contribution in [3.63, 3.8) is 0 Å². The van der Waals surface area contributed by atoms with E-state index in [-0.39, 0.29) is 6.09 Å². The number of nitrogens with one attached hydrogen (secondary N) is 2. The number of carbonyl (C=O) groups is 1. The van der Waals surface area contributed by atoms with E-state index in [1.165, 1.54) is 4.88 Å². The molecule has 0 spiro atoms. The summed E-state index contributed by atoms with van der Waals surface area (Å²) in [6, 6.07) is 3.83. The number of ether oxygens (including phenoxy) is 1. The Balaban J connectivity index is 1.90. The minimum atomic E-state index is -0.540. The lowest BCUT2D eigenvalue weighted by Gasteiger charge is -2.27. The van der Waals surface area contributed by atoms with E-state index in [1.807, 2.05) is 52.9 Å². The minimum absolute atomic E-state index is 0.323. The summed E-state index contributed by atoms with van der Waals surface area (Å²) in [6.07, 6.45) is 5.78. The van der Waals surface area contributed by atoms with E-state index in [4.69, 9.17) is 4.74 Å². The van der Waals surface area contributed by atoms with E-state index in [0.29, 0.717) is 26.2 Å². The Labute approximate surface area is 189 Å². The Morgan fingerprint density at radius 1 is 1.29 bits per heavy atom. The van der Waals surface area contributed by atoms with Gasteiger partial charge in [-0.25, -0.2) is 14.8 Å². The number of pyridine rings is 1. The van der Waals surface area contributed by atoms with E-state index >= 15 is 0 Å². The van der Waals surface area contributed by atoms with Crippen LogP contribution in [0, 0.1) is 6.92 Å². The first-order chi connectivity index (χ1) is 14.8. The van der Waals surface area contributed by atoms with Gasteiger partial charge < -0.3 is 20.3 Å². The highest BCUT2D eigenvalue weighted by Crippen LogP contribution is 2.13. The molecule has 0 saturated heterocycles. The number of aryl methyl sites for hydroxylation is 1. The maximum Gasteiger partial charge on any atom is 0.410 e. The molecule has 8 nitrogen and oxygen atoms in total. The van der Waals surface area contributed by atoms with Gasteiger partial charge in [-0.3, -0.25) is 4.98 Å². The summed E-state index contributed by atoms with van der Waals surface area (Å²) in [5.41, 5.74) is 0.427. The van der Waals surface area contributed by atoms with Crippen LogP contribution in [0.4, 0.5) is 4.79 Å².